The highest BCUT2D eigenvalue weighted by molar-refractivity contribution is 5.71. The molecule has 1 unspecified atom stereocenters. The molecule has 2 aliphatic heterocycles. The summed E-state index contributed by atoms with van der Waals surface area (Å²) in [7, 11) is 1.64. The van der Waals surface area contributed by atoms with E-state index in [1.165, 1.54) is 6.92 Å². The number of anilines is 1. The Balaban J connectivity index is 1.69. The van der Waals surface area contributed by atoms with Gasteiger partial charge in [-0.2, -0.15) is 39.5 Å². The quantitative estimate of drug-likeness (QED) is 0.340. The Labute approximate surface area is 229 Å². The van der Waals surface area contributed by atoms with Crippen molar-refractivity contribution in [2.75, 3.05) is 25.2 Å². The van der Waals surface area contributed by atoms with Crippen LogP contribution < -0.4 is 4.90 Å². The number of hydrogen-bond acceptors (Lipinski definition) is 5. The predicted molar refractivity (Wildman–Crippen MR) is 127 cm³/mol. The third-order valence-electron chi connectivity index (χ3n) is 7.24. The molecule has 15 heteroatoms. The first-order valence-electron chi connectivity index (χ1n) is 12.6. The first-order chi connectivity index (χ1) is 19.0. The molecule has 1 aromatic carbocycles. The van der Waals surface area contributed by atoms with E-state index in [-0.39, 0.29) is 23.5 Å². The molecular weight excluding hydrogens is 573 g/mol. The molecule has 3 atom stereocenters. The van der Waals surface area contributed by atoms with Gasteiger partial charge in [-0.15, -0.1) is 0 Å². The summed E-state index contributed by atoms with van der Waals surface area (Å²) in [5.41, 5.74) is -4.81. The predicted octanol–water partition coefficient (Wildman–Crippen LogP) is 7.23. The van der Waals surface area contributed by atoms with Gasteiger partial charge in [-0.1, -0.05) is 0 Å². The fourth-order valence-corrected chi connectivity index (χ4v) is 5.03. The molecule has 0 radical (unpaired) electrons. The van der Waals surface area contributed by atoms with E-state index in [0.717, 1.165) is 11.0 Å². The lowest BCUT2D eigenvalue weighted by atomic mass is 9.97. The van der Waals surface area contributed by atoms with Crippen molar-refractivity contribution in [3.8, 4) is 0 Å². The Morgan fingerprint density at radius 3 is 2.10 bits per heavy atom. The van der Waals surface area contributed by atoms with E-state index in [2.05, 4.69) is 4.98 Å². The number of ether oxygens (including phenoxy) is 2. The van der Waals surface area contributed by atoms with Crippen LogP contribution in [0.5, 0.6) is 0 Å². The zero-order valence-electron chi connectivity index (χ0n) is 21.8. The standard InChI is InChI=1S/C26H26F9N3O3/c1-14-21(15-8-17(24(27,28)29)11-18(9-15)25(30,31)32)41-23(39)38(14)13-16-10-19(26(33,34)35)12-36-22(16)37(2)20-4-3-6-40-7-5-20/h8-12,14,20-21H,3-7,13H2,1-2H3/t14-,20?,21-/m0/s1. The molecule has 0 bridgehead atoms. The maximum Gasteiger partial charge on any atom is 0.417 e. The van der Waals surface area contributed by atoms with Crippen molar-refractivity contribution in [2.45, 2.75) is 69.4 Å². The average Bonchev–Trinajstić information content (AvgIpc) is 3.05. The molecule has 6 nitrogen and oxygen atoms in total. The lowest BCUT2D eigenvalue weighted by Gasteiger charge is -2.31. The minimum Gasteiger partial charge on any atom is -0.439 e. The second kappa shape index (κ2) is 11.2. The van der Waals surface area contributed by atoms with Crippen LogP contribution >= 0.6 is 0 Å². The van der Waals surface area contributed by atoms with Crippen LogP contribution in [0.4, 0.5) is 50.1 Å². The Bertz CT molecular complexity index is 1220. The molecule has 3 heterocycles. The molecule has 0 N–H and O–H groups in total. The lowest BCUT2D eigenvalue weighted by Crippen LogP contribution is -2.36. The van der Waals surface area contributed by atoms with Crippen LogP contribution in [0.15, 0.2) is 30.5 Å². The Kier molecular flexibility index (Phi) is 8.40. The van der Waals surface area contributed by atoms with E-state index in [0.29, 0.717) is 50.8 Å². The minimum atomic E-state index is -5.12. The molecule has 2 aromatic rings. The number of aromatic nitrogens is 1. The number of benzene rings is 1. The van der Waals surface area contributed by atoms with Crippen molar-refractivity contribution < 1.29 is 53.8 Å². The van der Waals surface area contributed by atoms with Gasteiger partial charge in [0.1, 0.15) is 11.9 Å². The number of nitrogens with zero attached hydrogens (tertiary/aromatic N) is 3. The first kappa shape index (κ1) is 30.7. The van der Waals surface area contributed by atoms with Crippen molar-refractivity contribution in [1.29, 1.82) is 0 Å². The highest BCUT2D eigenvalue weighted by Crippen LogP contribution is 2.42. The normalized spacial score (nSPS) is 22.5. The fraction of sp³-hybridized carbons (Fsp3) is 0.538. The number of hydrogen-bond donors (Lipinski definition) is 0. The molecule has 1 aromatic heterocycles. The van der Waals surface area contributed by atoms with E-state index in [1.54, 1.807) is 11.9 Å². The van der Waals surface area contributed by atoms with Gasteiger partial charge in [0, 0.05) is 38.1 Å². The van der Waals surface area contributed by atoms with Gasteiger partial charge >= 0.3 is 24.6 Å². The molecule has 0 saturated carbocycles. The van der Waals surface area contributed by atoms with Crippen LogP contribution in [0.25, 0.3) is 0 Å². The van der Waals surface area contributed by atoms with E-state index in [4.69, 9.17) is 9.47 Å². The highest BCUT2D eigenvalue weighted by Gasteiger charge is 2.44. The second-order valence-corrected chi connectivity index (χ2v) is 10.0. The van der Waals surface area contributed by atoms with E-state index < -0.39 is 65.6 Å². The Morgan fingerprint density at radius 1 is 0.902 bits per heavy atom. The summed E-state index contributed by atoms with van der Waals surface area (Å²) in [6.45, 7) is 1.80. The van der Waals surface area contributed by atoms with Gasteiger partial charge in [0.05, 0.1) is 29.3 Å². The molecule has 2 aliphatic rings. The van der Waals surface area contributed by atoms with Crippen LogP contribution in [0, 0.1) is 0 Å². The smallest absolute Gasteiger partial charge is 0.417 e. The second-order valence-electron chi connectivity index (χ2n) is 10.0. The largest absolute Gasteiger partial charge is 0.439 e. The third-order valence-corrected chi connectivity index (χ3v) is 7.24. The number of carbonyl (C=O) groups excluding carboxylic acids is 1. The Morgan fingerprint density at radius 2 is 1.51 bits per heavy atom. The van der Waals surface area contributed by atoms with Gasteiger partial charge in [-0.3, -0.25) is 4.90 Å². The van der Waals surface area contributed by atoms with E-state index in [9.17, 15) is 44.3 Å². The minimum absolute atomic E-state index is 0.0167. The molecule has 0 aliphatic carbocycles. The number of rotatable bonds is 5. The van der Waals surface area contributed by atoms with Gasteiger partial charge in [-0.05, 0) is 56.0 Å². The van der Waals surface area contributed by atoms with E-state index in [1.807, 2.05) is 0 Å². The van der Waals surface area contributed by atoms with Crippen molar-refractivity contribution >= 4 is 11.9 Å². The van der Waals surface area contributed by atoms with Gasteiger partial charge < -0.3 is 14.4 Å². The number of halogens is 9. The van der Waals surface area contributed by atoms with Gasteiger partial charge in [0.15, 0.2) is 0 Å². The van der Waals surface area contributed by atoms with E-state index >= 15 is 0 Å². The molecule has 2 saturated heterocycles. The van der Waals surface area contributed by atoms with Crippen LogP contribution in [0.2, 0.25) is 0 Å². The maximum atomic E-state index is 13.6. The molecule has 226 valence electrons. The molecule has 4 rings (SSSR count). The van der Waals surface area contributed by atoms with Crippen molar-refractivity contribution in [2.24, 2.45) is 0 Å². The molecular formula is C26H26F9N3O3. The third kappa shape index (κ3) is 6.81. The number of pyridine rings is 1. The van der Waals surface area contributed by atoms with Crippen molar-refractivity contribution in [3.05, 3.63) is 58.3 Å². The summed E-state index contributed by atoms with van der Waals surface area (Å²) in [5, 5.41) is 0. The monoisotopic (exact) mass is 599 g/mol. The molecule has 0 spiro atoms. The highest BCUT2D eigenvalue weighted by atomic mass is 19.4. The number of amides is 1. The SMILES string of the molecule is C[C@H]1[C@@H](c2cc(C(F)(F)F)cc(C(F)(F)F)c2)OC(=O)N1Cc1cc(C(F)(F)F)cnc1N(C)C1CCCOCC1. The topological polar surface area (TPSA) is 54.9 Å². The van der Waals surface area contributed by atoms with Crippen LogP contribution in [0.3, 0.4) is 0 Å². The lowest BCUT2D eigenvalue weighted by molar-refractivity contribution is -0.143. The maximum absolute atomic E-state index is 13.6. The summed E-state index contributed by atoms with van der Waals surface area (Å²) >= 11 is 0. The zero-order chi connectivity index (χ0) is 30.3. The van der Waals surface area contributed by atoms with Gasteiger partial charge in [-0.25, -0.2) is 9.78 Å². The van der Waals surface area contributed by atoms with Gasteiger partial charge in [0.2, 0.25) is 0 Å². The molecule has 1 amide bonds. The number of carbonyl (C=O) groups is 1. The zero-order valence-corrected chi connectivity index (χ0v) is 21.8. The molecule has 2 fully saturated rings. The average molecular weight is 599 g/mol. The summed E-state index contributed by atoms with van der Waals surface area (Å²) in [5.74, 6) is 0.145. The van der Waals surface area contributed by atoms with Crippen molar-refractivity contribution in [1.82, 2.24) is 9.88 Å². The first-order valence-corrected chi connectivity index (χ1v) is 12.6. The van der Waals surface area contributed by atoms with Crippen LogP contribution in [-0.4, -0.2) is 48.3 Å². The molecule has 41 heavy (non-hydrogen) atoms. The van der Waals surface area contributed by atoms with Crippen molar-refractivity contribution in [3.63, 3.8) is 0 Å². The van der Waals surface area contributed by atoms with Crippen LogP contribution in [-0.2, 0) is 34.5 Å². The Hall–Kier alpha value is -3.23. The summed E-state index contributed by atoms with van der Waals surface area (Å²) in [4.78, 5) is 19.5. The summed E-state index contributed by atoms with van der Waals surface area (Å²) < 4.78 is 132. The summed E-state index contributed by atoms with van der Waals surface area (Å²) in [6, 6.07) is 0.440. The fourth-order valence-electron chi connectivity index (χ4n) is 5.03. The van der Waals surface area contributed by atoms with Crippen LogP contribution in [0.1, 0.15) is 60.1 Å². The van der Waals surface area contributed by atoms with Gasteiger partial charge in [0.25, 0.3) is 0 Å². The summed E-state index contributed by atoms with van der Waals surface area (Å²) in [6.07, 6.45) is -15.0. The number of alkyl halides is 9. The number of cyclic esters (lactones) is 1.